The van der Waals surface area contributed by atoms with E-state index in [1.54, 1.807) is 12.3 Å². The van der Waals surface area contributed by atoms with Crippen molar-refractivity contribution >= 4 is 33.3 Å². The quantitative estimate of drug-likeness (QED) is 0.810. The number of aromatic nitrogens is 1. The van der Waals surface area contributed by atoms with E-state index < -0.39 is 0 Å². The van der Waals surface area contributed by atoms with E-state index in [0.29, 0.717) is 12.3 Å². The summed E-state index contributed by atoms with van der Waals surface area (Å²) >= 11 is 3.25. The highest BCUT2D eigenvalue weighted by Gasteiger charge is 2.06. The van der Waals surface area contributed by atoms with E-state index in [9.17, 15) is 4.79 Å². The van der Waals surface area contributed by atoms with Gasteiger partial charge in [-0.2, -0.15) is 0 Å². The molecule has 0 aliphatic heterocycles. The zero-order valence-corrected chi connectivity index (χ0v) is 10.6. The molecule has 0 spiro atoms. The van der Waals surface area contributed by atoms with Crippen molar-refractivity contribution < 1.29 is 9.53 Å². The van der Waals surface area contributed by atoms with Crippen LogP contribution in [0.3, 0.4) is 0 Å². The fourth-order valence-corrected chi connectivity index (χ4v) is 1.38. The molecule has 1 aromatic rings. The molecule has 0 fully saturated rings. The van der Waals surface area contributed by atoms with E-state index in [1.807, 2.05) is 6.92 Å². The topological polar surface area (TPSA) is 77.2 Å². The first-order chi connectivity index (χ1) is 7.63. The van der Waals surface area contributed by atoms with Crippen molar-refractivity contribution in [2.75, 3.05) is 24.3 Å². The minimum absolute atomic E-state index is 0.0276. The number of ether oxygens (including phenoxy) is 1. The van der Waals surface area contributed by atoms with Gasteiger partial charge < -0.3 is 15.8 Å². The summed E-state index contributed by atoms with van der Waals surface area (Å²) in [4.78, 5) is 15.3. The lowest BCUT2D eigenvalue weighted by molar-refractivity contribution is -0.120. The van der Waals surface area contributed by atoms with Gasteiger partial charge in [0.05, 0.1) is 5.69 Å². The van der Waals surface area contributed by atoms with Crippen molar-refractivity contribution in [3.63, 3.8) is 0 Å². The number of anilines is 2. The number of nitrogens with two attached hydrogens (primary N) is 1. The minimum Gasteiger partial charge on any atom is -0.382 e. The molecule has 1 rings (SSSR count). The van der Waals surface area contributed by atoms with Crippen molar-refractivity contribution in [3.05, 3.63) is 16.7 Å². The molecule has 0 aliphatic rings. The van der Waals surface area contributed by atoms with Gasteiger partial charge in [0.15, 0.2) is 0 Å². The Hall–Kier alpha value is -1.14. The van der Waals surface area contributed by atoms with Gasteiger partial charge in [-0.3, -0.25) is 4.79 Å². The van der Waals surface area contributed by atoms with Crippen LogP contribution in [-0.2, 0) is 9.53 Å². The second-order valence-electron chi connectivity index (χ2n) is 3.19. The summed E-state index contributed by atoms with van der Waals surface area (Å²) in [6.45, 7) is 2.58. The third kappa shape index (κ3) is 4.16. The zero-order chi connectivity index (χ0) is 12.0. The Labute approximate surface area is 103 Å². The lowest BCUT2D eigenvalue weighted by Gasteiger charge is -2.07. The predicted octanol–water partition coefficient (Wildman–Crippen LogP) is 1.79. The maximum absolute atomic E-state index is 11.4. The largest absolute Gasteiger partial charge is 0.382 e. The Morgan fingerprint density at radius 2 is 2.44 bits per heavy atom. The fraction of sp³-hybridized carbons (Fsp3) is 0.400. The number of amides is 1. The average molecular weight is 288 g/mol. The highest BCUT2D eigenvalue weighted by atomic mass is 79.9. The molecule has 1 amide bonds. The van der Waals surface area contributed by atoms with Crippen molar-refractivity contribution in [2.24, 2.45) is 0 Å². The van der Waals surface area contributed by atoms with Crippen LogP contribution in [0, 0.1) is 0 Å². The SMILES string of the molecule is CCCOCC(=O)Nc1cc(Br)cnc1N. The average Bonchev–Trinajstić information content (AvgIpc) is 2.24. The Bertz CT molecular complexity index is 371. The Kier molecular flexibility index (Phi) is 5.21. The van der Waals surface area contributed by atoms with Gasteiger partial charge in [0.1, 0.15) is 12.4 Å². The number of carbonyl (C=O) groups is 1. The van der Waals surface area contributed by atoms with E-state index >= 15 is 0 Å². The Morgan fingerprint density at radius 3 is 3.12 bits per heavy atom. The molecule has 0 atom stereocenters. The first kappa shape index (κ1) is 12.9. The maximum Gasteiger partial charge on any atom is 0.250 e. The molecule has 0 saturated carbocycles. The van der Waals surface area contributed by atoms with Gasteiger partial charge in [0, 0.05) is 17.3 Å². The van der Waals surface area contributed by atoms with Gasteiger partial charge in [-0.25, -0.2) is 4.98 Å². The number of halogens is 1. The zero-order valence-electron chi connectivity index (χ0n) is 9.00. The molecule has 16 heavy (non-hydrogen) atoms. The molecule has 5 nitrogen and oxygen atoms in total. The number of carbonyl (C=O) groups excluding carboxylic acids is 1. The molecule has 88 valence electrons. The first-order valence-electron chi connectivity index (χ1n) is 4.92. The minimum atomic E-state index is -0.236. The van der Waals surface area contributed by atoms with Gasteiger partial charge >= 0.3 is 0 Å². The number of hydrogen-bond acceptors (Lipinski definition) is 4. The number of nitrogen functional groups attached to an aromatic ring is 1. The van der Waals surface area contributed by atoms with Crippen LogP contribution in [0.25, 0.3) is 0 Å². The summed E-state index contributed by atoms with van der Waals surface area (Å²) in [6.07, 6.45) is 2.45. The summed E-state index contributed by atoms with van der Waals surface area (Å²) in [5.74, 6) is 0.0482. The lowest BCUT2D eigenvalue weighted by Crippen LogP contribution is -2.19. The van der Waals surface area contributed by atoms with Crippen LogP contribution in [0.1, 0.15) is 13.3 Å². The summed E-state index contributed by atoms with van der Waals surface area (Å²) < 4.78 is 5.86. The van der Waals surface area contributed by atoms with E-state index in [-0.39, 0.29) is 18.3 Å². The Balaban J connectivity index is 2.52. The number of nitrogens with zero attached hydrogens (tertiary/aromatic N) is 1. The molecular weight excluding hydrogens is 274 g/mol. The van der Waals surface area contributed by atoms with Crippen molar-refractivity contribution in [1.29, 1.82) is 0 Å². The summed E-state index contributed by atoms with van der Waals surface area (Å²) in [5, 5.41) is 2.63. The van der Waals surface area contributed by atoms with Crippen LogP contribution < -0.4 is 11.1 Å². The van der Waals surface area contributed by atoms with Crippen LogP contribution in [0.15, 0.2) is 16.7 Å². The molecule has 1 aromatic heterocycles. The third-order valence-corrected chi connectivity index (χ3v) is 2.17. The molecule has 0 radical (unpaired) electrons. The fourth-order valence-electron chi connectivity index (χ4n) is 1.05. The molecule has 0 aromatic carbocycles. The van der Waals surface area contributed by atoms with E-state index in [4.69, 9.17) is 10.5 Å². The van der Waals surface area contributed by atoms with Crippen LogP contribution in [-0.4, -0.2) is 24.1 Å². The second-order valence-corrected chi connectivity index (χ2v) is 4.10. The molecule has 3 N–H and O–H groups in total. The van der Waals surface area contributed by atoms with Crippen LogP contribution in [0.5, 0.6) is 0 Å². The molecule has 1 heterocycles. The van der Waals surface area contributed by atoms with Gasteiger partial charge in [0.25, 0.3) is 0 Å². The molecular formula is C10H14BrN3O2. The molecule has 0 saturated heterocycles. The lowest BCUT2D eigenvalue weighted by atomic mass is 10.4. The van der Waals surface area contributed by atoms with Gasteiger partial charge in [-0.1, -0.05) is 6.92 Å². The molecule has 0 aliphatic carbocycles. The molecule has 0 unspecified atom stereocenters. The number of nitrogens with one attached hydrogen (secondary N) is 1. The van der Waals surface area contributed by atoms with Crippen LogP contribution in [0.4, 0.5) is 11.5 Å². The highest BCUT2D eigenvalue weighted by Crippen LogP contribution is 2.20. The van der Waals surface area contributed by atoms with Crippen LogP contribution >= 0.6 is 15.9 Å². The first-order valence-corrected chi connectivity index (χ1v) is 5.71. The molecule has 0 bridgehead atoms. The highest BCUT2D eigenvalue weighted by molar-refractivity contribution is 9.10. The van der Waals surface area contributed by atoms with Crippen LogP contribution in [0.2, 0.25) is 0 Å². The predicted molar refractivity (Wildman–Crippen MR) is 66.1 cm³/mol. The standard InChI is InChI=1S/C10H14BrN3O2/c1-2-3-16-6-9(15)14-8-4-7(11)5-13-10(8)12/h4-5H,2-3,6H2,1H3,(H2,12,13)(H,14,15). The Morgan fingerprint density at radius 1 is 1.69 bits per heavy atom. The number of rotatable bonds is 5. The number of pyridine rings is 1. The van der Waals surface area contributed by atoms with Crippen molar-refractivity contribution in [3.8, 4) is 0 Å². The van der Waals surface area contributed by atoms with E-state index in [1.165, 1.54) is 0 Å². The third-order valence-electron chi connectivity index (χ3n) is 1.74. The molecule has 6 heteroatoms. The maximum atomic E-state index is 11.4. The van der Waals surface area contributed by atoms with Crippen molar-refractivity contribution in [1.82, 2.24) is 4.98 Å². The van der Waals surface area contributed by atoms with Crippen molar-refractivity contribution in [2.45, 2.75) is 13.3 Å². The van der Waals surface area contributed by atoms with E-state index in [2.05, 4.69) is 26.2 Å². The second kappa shape index (κ2) is 6.44. The van der Waals surface area contributed by atoms with Gasteiger partial charge in [-0.05, 0) is 28.4 Å². The van der Waals surface area contributed by atoms with Gasteiger partial charge in [0.2, 0.25) is 5.91 Å². The summed E-state index contributed by atoms with van der Waals surface area (Å²) in [5.41, 5.74) is 6.09. The summed E-state index contributed by atoms with van der Waals surface area (Å²) in [7, 11) is 0. The van der Waals surface area contributed by atoms with Gasteiger partial charge in [-0.15, -0.1) is 0 Å². The monoisotopic (exact) mass is 287 g/mol. The normalized spacial score (nSPS) is 10.1. The smallest absolute Gasteiger partial charge is 0.250 e. The summed E-state index contributed by atoms with van der Waals surface area (Å²) in [6, 6.07) is 1.69. The van der Waals surface area contributed by atoms with E-state index in [0.717, 1.165) is 10.9 Å². The number of hydrogen-bond donors (Lipinski definition) is 2.